The monoisotopic (exact) mass is 419 g/mol. The molecule has 164 valence electrons. The Labute approximate surface area is 175 Å². The number of fused-ring (bicyclic) bond motifs is 1. The van der Waals surface area contributed by atoms with Crippen LogP contribution in [-0.4, -0.2) is 91.6 Å². The normalized spacial score (nSPS) is 26.5. The fourth-order valence-corrected chi connectivity index (χ4v) is 4.12. The van der Waals surface area contributed by atoms with Crippen molar-refractivity contribution >= 4 is 11.8 Å². The largest absolute Gasteiger partial charge is 0.454 e. The van der Waals surface area contributed by atoms with Crippen LogP contribution in [0.2, 0.25) is 0 Å². The number of carbonyl (C=O) groups excluding carboxylic acids is 2. The molecule has 4 rings (SSSR count). The minimum absolute atomic E-state index is 0.0904. The molecule has 0 aromatic heterocycles. The van der Waals surface area contributed by atoms with Gasteiger partial charge in [-0.05, 0) is 38.1 Å². The van der Waals surface area contributed by atoms with E-state index in [1.54, 1.807) is 18.2 Å². The number of ether oxygens (including phenoxy) is 3. The summed E-state index contributed by atoms with van der Waals surface area (Å²) in [5, 5.41) is 12.7. The fraction of sp³-hybridized carbons (Fsp3) is 0.619. The first-order valence-electron chi connectivity index (χ1n) is 10.5. The maximum Gasteiger partial charge on any atom is 0.251 e. The van der Waals surface area contributed by atoms with Gasteiger partial charge >= 0.3 is 0 Å². The minimum Gasteiger partial charge on any atom is -0.454 e. The third-order valence-corrected chi connectivity index (χ3v) is 6.01. The summed E-state index contributed by atoms with van der Waals surface area (Å²) < 4.78 is 16.6. The van der Waals surface area contributed by atoms with Gasteiger partial charge in [-0.25, -0.2) is 0 Å². The van der Waals surface area contributed by atoms with Gasteiger partial charge in [-0.3, -0.25) is 9.59 Å². The molecule has 0 bridgehead atoms. The highest BCUT2D eigenvalue weighted by molar-refractivity contribution is 5.95. The van der Waals surface area contributed by atoms with Crippen LogP contribution < -0.4 is 14.8 Å². The average Bonchev–Trinajstić information content (AvgIpc) is 3.23. The molecule has 0 spiro atoms. The Kier molecular flexibility index (Phi) is 6.40. The van der Waals surface area contributed by atoms with Crippen LogP contribution in [0.4, 0.5) is 0 Å². The number of hydrogen-bond acceptors (Lipinski definition) is 7. The first kappa shape index (κ1) is 20.9. The van der Waals surface area contributed by atoms with E-state index in [1.165, 1.54) is 0 Å². The third-order valence-electron chi connectivity index (χ3n) is 6.01. The van der Waals surface area contributed by atoms with E-state index < -0.39 is 6.10 Å². The molecule has 3 aliphatic heterocycles. The lowest BCUT2D eigenvalue weighted by molar-refractivity contribution is -0.141. The van der Waals surface area contributed by atoms with Gasteiger partial charge in [-0.15, -0.1) is 0 Å². The van der Waals surface area contributed by atoms with Gasteiger partial charge < -0.3 is 34.4 Å². The highest BCUT2D eigenvalue weighted by Crippen LogP contribution is 2.32. The number of nitrogens with zero attached hydrogens (tertiary/aromatic N) is 2. The van der Waals surface area contributed by atoms with E-state index in [0.29, 0.717) is 36.3 Å². The van der Waals surface area contributed by atoms with Crippen LogP contribution >= 0.6 is 0 Å². The summed E-state index contributed by atoms with van der Waals surface area (Å²) in [4.78, 5) is 29.3. The predicted octanol–water partition coefficient (Wildman–Crippen LogP) is 0.218. The van der Waals surface area contributed by atoms with Gasteiger partial charge in [0.15, 0.2) is 11.5 Å². The fourth-order valence-electron chi connectivity index (χ4n) is 4.12. The van der Waals surface area contributed by atoms with E-state index in [-0.39, 0.29) is 37.4 Å². The first-order valence-corrected chi connectivity index (χ1v) is 10.5. The Morgan fingerprint density at radius 1 is 1.13 bits per heavy atom. The summed E-state index contributed by atoms with van der Waals surface area (Å²) in [5.41, 5.74) is 0.461. The lowest BCUT2D eigenvalue weighted by Gasteiger charge is -2.37. The van der Waals surface area contributed by atoms with Crippen LogP contribution in [-0.2, 0) is 9.53 Å². The topological polar surface area (TPSA) is 101 Å². The Morgan fingerprint density at radius 2 is 1.90 bits per heavy atom. The summed E-state index contributed by atoms with van der Waals surface area (Å²) >= 11 is 0. The molecule has 1 aromatic carbocycles. The van der Waals surface area contributed by atoms with E-state index >= 15 is 0 Å². The van der Waals surface area contributed by atoms with Crippen molar-refractivity contribution < 1.29 is 28.9 Å². The number of piperazine rings is 1. The van der Waals surface area contributed by atoms with Crippen molar-refractivity contribution in [3.05, 3.63) is 23.8 Å². The first-order chi connectivity index (χ1) is 14.5. The Balaban J connectivity index is 1.30. The van der Waals surface area contributed by atoms with Gasteiger partial charge in [-0.1, -0.05) is 0 Å². The van der Waals surface area contributed by atoms with E-state index in [4.69, 9.17) is 14.2 Å². The molecule has 3 aliphatic rings. The molecule has 3 atom stereocenters. The molecule has 0 aliphatic carbocycles. The molecule has 3 heterocycles. The van der Waals surface area contributed by atoms with Crippen molar-refractivity contribution in [3.63, 3.8) is 0 Å². The summed E-state index contributed by atoms with van der Waals surface area (Å²) in [7, 11) is 2.05. The number of carbonyl (C=O) groups is 2. The smallest absolute Gasteiger partial charge is 0.251 e. The number of rotatable bonds is 5. The minimum atomic E-state index is -0.540. The van der Waals surface area contributed by atoms with E-state index in [1.807, 2.05) is 4.90 Å². The number of amides is 2. The molecular weight excluding hydrogens is 390 g/mol. The van der Waals surface area contributed by atoms with E-state index in [0.717, 1.165) is 26.2 Å². The third kappa shape index (κ3) is 4.69. The molecule has 9 heteroatoms. The summed E-state index contributed by atoms with van der Waals surface area (Å²) in [5.74, 6) is 0.998. The molecule has 1 aromatic rings. The summed E-state index contributed by atoms with van der Waals surface area (Å²) in [6, 6.07) is 4.71. The Hall–Kier alpha value is -2.36. The zero-order valence-electron chi connectivity index (χ0n) is 17.2. The molecule has 0 saturated carbocycles. The highest BCUT2D eigenvalue weighted by Gasteiger charge is 2.34. The molecular formula is C21H29N3O6. The number of aliphatic hydroxyl groups excluding tert-OH is 1. The maximum atomic E-state index is 12.7. The van der Waals surface area contributed by atoms with Gasteiger partial charge in [0, 0.05) is 31.7 Å². The molecule has 2 amide bonds. The van der Waals surface area contributed by atoms with Crippen LogP contribution in [0.15, 0.2) is 18.2 Å². The summed E-state index contributed by atoms with van der Waals surface area (Å²) in [6.07, 6.45) is 0.822. The second kappa shape index (κ2) is 9.20. The van der Waals surface area contributed by atoms with E-state index in [2.05, 4.69) is 17.3 Å². The Morgan fingerprint density at radius 3 is 2.67 bits per heavy atom. The van der Waals surface area contributed by atoms with Crippen molar-refractivity contribution in [2.45, 2.75) is 37.5 Å². The molecule has 9 nitrogen and oxygen atoms in total. The molecule has 2 N–H and O–H groups in total. The lowest BCUT2D eigenvalue weighted by Crippen LogP contribution is -2.52. The Bertz CT molecular complexity index is 780. The second-order valence-corrected chi connectivity index (χ2v) is 8.09. The zero-order chi connectivity index (χ0) is 21.1. The number of hydrogen-bond donors (Lipinski definition) is 2. The van der Waals surface area contributed by atoms with Gasteiger partial charge in [0.1, 0.15) is 6.10 Å². The summed E-state index contributed by atoms with van der Waals surface area (Å²) in [6.45, 7) is 3.16. The van der Waals surface area contributed by atoms with Gasteiger partial charge in [-0.2, -0.15) is 0 Å². The van der Waals surface area contributed by atoms with Crippen molar-refractivity contribution in [2.75, 3.05) is 46.6 Å². The molecule has 0 radical (unpaired) electrons. The van der Waals surface area contributed by atoms with Gasteiger partial charge in [0.25, 0.3) is 5.91 Å². The second-order valence-electron chi connectivity index (χ2n) is 8.09. The SMILES string of the molecule is CN1CCN(C(=O)C[C@@H]2CC[C@H](NC(=O)c3ccc4c(c3)OCO4)[C@H](CO)O2)CC1. The van der Waals surface area contributed by atoms with Crippen LogP contribution in [0.1, 0.15) is 29.6 Å². The zero-order valence-corrected chi connectivity index (χ0v) is 17.2. The maximum absolute atomic E-state index is 12.7. The molecule has 30 heavy (non-hydrogen) atoms. The average molecular weight is 419 g/mol. The molecule has 0 unspecified atom stereocenters. The van der Waals surface area contributed by atoms with Crippen molar-refractivity contribution in [3.8, 4) is 11.5 Å². The van der Waals surface area contributed by atoms with Gasteiger partial charge in [0.05, 0.1) is 25.2 Å². The van der Waals surface area contributed by atoms with Crippen LogP contribution in [0, 0.1) is 0 Å². The standard InChI is InChI=1S/C21H29N3O6/c1-23-6-8-24(9-7-23)20(26)11-15-3-4-16(19(12-25)30-15)22-21(27)14-2-5-17-18(10-14)29-13-28-17/h2,5,10,15-16,19,25H,3-4,6-9,11-13H2,1H3,(H,22,27)/t15-,16-,19-/m0/s1. The number of nitrogens with one attached hydrogen (secondary N) is 1. The van der Waals surface area contributed by atoms with Crippen LogP contribution in [0.5, 0.6) is 11.5 Å². The van der Waals surface area contributed by atoms with Crippen LogP contribution in [0.3, 0.4) is 0 Å². The quantitative estimate of drug-likeness (QED) is 0.704. The number of benzene rings is 1. The number of aliphatic hydroxyl groups is 1. The van der Waals surface area contributed by atoms with E-state index in [9.17, 15) is 14.7 Å². The van der Waals surface area contributed by atoms with Crippen molar-refractivity contribution in [2.24, 2.45) is 0 Å². The van der Waals surface area contributed by atoms with Crippen LogP contribution in [0.25, 0.3) is 0 Å². The lowest BCUT2D eigenvalue weighted by atomic mass is 9.96. The predicted molar refractivity (Wildman–Crippen MR) is 107 cm³/mol. The van der Waals surface area contributed by atoms with Gasteiger partial charge in [0.2, 0.25) is 12.7 Å². The van der Waals surface area contributed by atoms with Crippen molar-refractivity contribution in [1.82, 2.24) is 15.1 Å². The molecule has 2 fully saturated rings. The van der Waals surface area contributed by atoms with Crippen molar-refractivity contribution in [1.29, 1.82) is 0 Å². The highest BCUT2D eigenvalue weighted by atomic mass is 16.7. The molecule has 2 saturated heterocycles. The number of likely N-dealkylation sites (N-methyl/N-ethyl adjacent to an activating group) is 1.